The van der Waals surface area contributed by atoms with Crippen LogP contribution in [0.3, 0.4) is 0 Å². The molecule has 0 spiro atoms. The highest BCUT2D eigenvalue weighted by Gasteiger charge is 2.30. The maximum absolute atomic E-state index is 13.0. The minimum atomic E-state index is -4.95. The summed E-state index contributed by atoms with van der Waals surface area (Å²) in [5, 5.41) is 10.6. The minimum Gasteiger partial charge on any atom is -0.462 e. The van der Waals surface area contributed by atoms with Crippen LogP contribution in [-0.4, -0.2) is 96.7 Å². The number of aliphatic hydroxyl groups excluding tert-OH is 1. The highest BCUT2D eigenvalue weighted by atomic mass is 31.2. The van der Waals surface area contributed by atoms with Crippen LogP contribution in [0.1, 0.15) is 357 Å². The second kappa shape index (κ2) is 61.9. The van der Waals surface area contributed by atoms with E-state index in [-0.39, 0.29) is 25.7 Å². The molecular weight excluding hydrogens is 1190 g/mol. The fourth-order valence-corrected chi connectivity index (χ4v) is 12.3. The topological polar surface area (TPSA) is 237 Å². The summed E-state index contributed by atoms with van der Waals surface area (Å²) in [5.74, 6) is 0.0268. The van der Waals surface area contributed by atoms with Crippen molar-refractivity contribution in [1.82, 2.24) is 0 Å². The molecule has 3 N–H and O–H groups in total. The summed E-state index contributed by atoms with van der Waals surface area (Å²) in [6.07, 6.45) is 46.2. The van der Waals surface area contributed by atoms with Gasteiger partial charge in [-0.05, 0) is 43.4 Å². The maximum atomic E-state index is 13.0. The van der Waals surface area contributed by atoms with Crippen LogP contribution in [0.25, 0.3) is 0 Å². The van der Waals surface area contributed by atoms with Gasteiger partial charge < -0.3 is 33.8 Å². The Kier molecular flexibility index (Phi) is 60.6. The molecule has 0 aliphatic heterocycles. The fraction of sp³-hybridized carbons (Fsp3) is 0.944. The van der Waals surface area contributed by atoms with Gasteiger partial charge in [0, 0.05) is 25.7 Å². The lowest BCUT2D eigenvalue weighted by Crippen LogP contribution is -2.30. The molecule has 0 aromatic heterocycles. The number of hydrogen-bond acceptors (Lipinski definition) is 15. The Morgan fingerprint density at radius 3 is 0.844 bits per heavy atom. The van der Waals surface area contributed by atoms with Gasteiger partial charge in [0.05, 0.1) is 26.4 Å². The van der Waals surface area contributed by atoms with E-state index in [9.17, 15) is 43.2 Å². The molecule has 0 aliphatic rings. The van der Waals surface area contributed by atoms with Crippen LogP contribution < -0.4 is 0 Å². The Morgan fingerprint density at radius 1 is 0.322 bits per heavy atom. The van der Waals surface area contributed by atoms with E-state index >= 15 is 0 Å². The molecular formula is C71H138O17P2. The lowest BCUT2D eigenvalue weighted by molar-refractivity contribution is -0.161. The second-order valence-electron chi connectivity index (χ2n) is 26.8. The molecule has 90 heavy (non-hydrogen) atoms. The van der Waals surface area contributed by atoms with Gasteiger partial charge >= 0.3 is 39.5 Å². The third kappa shape index (κ3) is 63.5. The van der Waals surface area contributed by atoms with E-state index in [1.165, 1.54) is 161 Å². The molecule has 6 atom stereocenters. The highest BCUT2D eigenvalue weighted by Crippen LogP contribution is 2.45. The number of hydrogen-bond donors (Lipinski definition) is 3. The first-order valence-electron chi connectivity index (χ1n) is 36.9. The first-order valence-corrected chi connectivity index (χ1v) is 39.9. The van der Waals surface area contributed by atoms with Gasteiger partial charge in [0.15, 0.2) is 12.2 Å². The number of aliphatic hydroxyl groups is 1. The average Bonchev–Trinajstić information content (AvgIpc) is 3.72. The van der Waals surface area contributed by atoms with Crippen LogP contribution in [0.2, 0.25) is 0 Å². The number of phosphoric acid groups is 2. The van der Waals surface area contributed by atoms with Gasteiger partial charge in [-0.3, -0.25) is 37.3 Å². The van der Waals surface area contributed by atoms with E-state index in [0.717, 1.165) is 102 Å². The number of carbonyl (C=O) groups is 4. The molecule has 0 amide bonds. The van der Waals surface area contributed by atoms with E-state index in [4.69, 9.17) is 37.0 Å². The first kappa shape index (κ1) is 88.1. The summed E-state index contributed by atoms with van der Waals surface area (Å²) >= 11 is 0. The Bertz CT molecular complexity index is 1770. The van der Waals surface area contributed by atoms with E-state index in [1.54, 1.807) is 0 Å². The molecule has 534 valence electrons. The molecule has 3 unspecified atom stereocenters. The molecule has 0 aliphatic carbocycles. The predicted molar refractivity (Wildman–Crippen MR) is 363 cm³/mol. The van der Waals surface area contributed by atoms with Gasteiger partial charge in [0.2, 0.25) is 0 Å². The van der Waals surface area contributed by atoms with Crippen molar-refractivity contribution in [3.05, 3.63) is 0 Å². The summed E-state index contributed by atoms with van der Waals surface area (Å²) in [7, 11) is -9.90. The van der Waals surface area contributed by atoms with Crippen molar-refractivity contribution < 1.29 is 80.2 Å². The lowest BCUT2D eigenvalue weighted by Gasteiger charge is -2.21. The van der Waals surface area contributed by atoms with E-state index in [2.05, 4.69) is 48.5 Å². The van der Waals surface area contributed by atoms with Crippen LogP contribution in [-0.2, 0) is 65.4 Å². The third-order valence-corrected chi connectivity index (χ3v) is 18.6. The number of rotatable bonds is 69. The van der Waals surface area contributed by atoms with Crippen molar-refractivity contribution in [3.8, 4) is 0 Å². The fourth-order valence-electron chi connectivity index (χ4n) is 10.7. The molecule has 0 saturated carbocycles. The normalized spacial score (nSPS) is 14.5. The molecule has 0 saturated heterocycles. The molecule has 0 rings (SSSR count). The van der Waals surface area contributed by atoms with Crippen molar-refractivity contribution >= 4 is 39.5 Å². The van der Waals surface area contributed by atoms with Gasteiger partial charge in [-0.15, -0.1) is 0 Å². The summed E-state index contributed by atoms with van der Waals surface area (Å²) < 4.78 is 68.2. The van der Waals surface area contributed by atoms with Crippen molar-refractivity contribution in [1.29, 1.82) is 0 Å². The number of unbranched alkanes of at least 4 members (excludes halogenated alkanes) is 36. The van der Waals surface area contributed by atoms with Gasteiger partial charge in [-0.1, -0.05) is 305 Å². The van der Waals surface area contributed by atoms with E-state index in [1.807, 2.05) is 0 Å². The zero-order chi connectivity index (χ0) is 66.6. The van der Waals surface area contributed by atoms with Gasteiger partial charge in [0.1, 0.15) is 19.3 Å². The quantitative estimate of drug-likeness (QED) is 0.0222. The largest absolute Gasteiger partial charge is 0.472 e. The molecule has 0 bridgehead atoms. The van der Waals surface area contributed by atoms with Crippen LogP contribution in [0, 0.1) is 17.8 Å². The van der Waals surface area contributed by atoms with E-state index in [0.29, 0.717) is 37.5 Å². The van der Waals surface area contributed by atoms with Crippen LogP contribution in [0.15, 0.2) is 0 Å². The van der Waals surface area contributed by atoms with Crippen molar-refractivity contribution in [2.24, 2.45) is 17.8 Å². The average molecular weight is 1330 g/mol. The minimum absolute atomic E-state index is 0.101. The third-order valence-electron chi connectivity index (χ3n) is 16.7. The van der Waals surface area contributed by atoms with E-state index < -0.39 is 97.5 Å². The zero-order valence-corrected chi connectivity index (χ0v) is 60.4. The summed E-state index contributed by atoms with van der Waals surface area (Å²) in [5.41, 5.74) is 0. The van der Waals surface area contributed by atoms with Crippen molar-refractivity contribution in [2.75, 3.05) is 39.6 Å². The second-order valence-corrected chi connectivity index (χ2v) is 29.7. The van der Waals surface area contributed by atoms with Gasteiger partial charge in [0.25, 0.3) is 0 Å². The lowest BCUT2D eigenvalue weighted by atomic mass is 9.99. The molecule has 0 aromatic rings. The Hall–Kier alpha value is -1.94. The van der Waals surface area contributed by atoms with Crippen LogP contribution in [0.5, 0.6) is 0 Å². The molecule has 0 aromatic carbocycles. The smallest absolute Gasteiger partial charge is 0.462 e. The van der Waals surface area contributed by atoms with Crippen molar-refractivity contribution in [3.63, 3.8) is 0 Å². The maximum Gasteiger partial charge on any atom is 0.472 e. The standard InChI is InChI=1S/C71H138O17P2/c1-8-10-11-12-13-14-15-16-17-18-19-20-21-22-27-30-40-47-54-70(75)87-66(58-81-68(73)52-45-38-29-26-24-23-25-28-37-44-51-64(7)9-2)60-85-89(77,78)83-56-65(72)57-84-90(79,80)86-61-67(88-71(76)55-48-41-34-32-36-43-50-63(5)6)59-82-69(74)53-46-39-33-31-35-42-49-62(3)4/h62-67,72H,8-61H2,1-7H3,(H,77,78)(H,79,80)/t64?,65-,66-,67-/m1/s1. The zero-order valence-electron chi connectivity index (χ0n) is 58.6. The van der Waals surface area contributed by atoms with Crippen LogP contribution in [0.4, 0.5) is 0 Å². The number of carbonyl (C=O) groups excluding carboxylic acids is 4. The first-order chi connectivity index (χ1) is 43.3. The molecule has 19 heteroatoms. The van der Waals surface area contributed by atoms with Crippen molar-refractivity contribution in [2.45, 2.75) is 375 Å². The summed E-state index contributed by atoms with van der Waals surface area (Å²) in [6.45, 7) is 11.7. The molecule has 17 nitrogen and oxygen atoms in total. The summed E-state index contributed by atoms with van der Waals surface area (Å²) in [6, 6.07) is 0. The monoisotopic (exact) mass is 1320 g/mol. The number of esters is 4. The Labute approximate surface area is 549 Å². The highest BCUT2D eigenvalue weighted by molar-refractivity contribution is 7.47. The summed E-state index contributed by atoms with van der Waals surface area (Å²) in [4.78, 5) is 72.5. The molecule has 0 radical (unpaired) electrons. The van der Waals surface area contributed by atoms with Crippen LogP contribution >= 0.6 is 15.6 Å². The Morgan fingerprint density at radius 2 is 0.567 bits per heavy atom. The SMILES string of the molecule is CCCCCCCCCCCCCCCCCCCCC(=O)O[C@H](COC(=O)CCCCCCCCCCCCC(C)CC)COP(=O)(O)OC[C@@H](O)COP(=O)(O)OC[C@@H](COC(=O)CCCCCCCCC(C)C)OC(=O)CCCCCCCCC(C)C. The van der Waals surface area contributed by atoms with Gasteiger partial charge in [-0.25, -0.2) is 9.13 Å². The molecule has 0 fully saturated rings. The number of phosphoric ester groups is 2. The predicted octanol–water partition coefficient (Wildman–Crippen LogP) is 20.2. The Balaban J connectivity index is 5.21. The van der Waals surface area contributed by atoms with Gasteiger partial charge in [-0.2, -0.15) is 0 Å². The molecule has 0 heterocycles. The number of ether oxygens (including phenoxy) is 4.